The molecule has 2 amide bonds. The van der Waals surface area contributed by atoms with E-state index < -0.39 is 0 Å². The Morgan fingerprint density at radius 1 is 1.16 bits per heavy atom. The molecule has 1 aromatic carbocycles. The lowest BCUT2D eigenvalue weighted by atomic mass is 10.1. The van der Waals surface area contributed by atoms with Gasteiger partial charge in [0.2, 0.25) is 0 Å². The van der Waals surface area contributed by atoms with Gasteiger partial charge in [0.05, 0.1) is 6.10 Å². The third-order valence-corrected chi connectivity index (χ3v) is 2.83. The molecule has 0 aliphatic carbocycles. The predicted octanol–water partition coefficient (Wildman–Crippen LogP) is 1.92. The lowest BCUT2D eigenvalue weighted by Gasteiger charge is -2.09. The fourth-order valence-electron chi connectivity index (χ4n) is 1.99. The van der Waals surface area contributed by atoms with Crippen LogP contribution < -0.4 is 10.6 Å². The molecule has 0 fully saturated rings. The smallest absolute Gasteiger partial charge is 0.314 e. The van der Waals surface area contributed by atoms with Gasteiger partial charge in [-0.3, -0.25) is 0 Å². The normalized spacial score (nSPS) is 12.0. The van der Waals surface area contributed by atoms with Crippen LogP contribution in [0.4, 0.5) is 4.79 Å². The number of rotatable bonds is 6. The van der Waals surface area contributed by atoms with Crippen LogP contribution in [0.2, 0.25) is 0 Å². The third-order valence-electron chi connectivity index (χ3n) is 2.83. The molecule has 4 heteroatoms. The van der Waals surface area contributed by atoms with E-state index in [0.717, 1.165) is 6.42 Å². The van der Waals surface area contributed by atoms with Crippen LogP contribution in [0.5, 0.6) is 0 Å². The number of benzene rings is 1. The Morgan fingerprint density at radius 2 is 1.74 bits per heavy atom. The van der Waals surface area contributed by atoms with Gasteiger partial charge in [0, 0.05) is 13.1 Å². The number of amides is 2. The summed E-state index contributed by atoms with van der Waals surface area (Å²) in [6.07, 6.45) is 1.02. The van der Waals surface area contributed by atoms with Crippen LogP contribution >= 0.6 is 0 Å². The molecule has 1 unspecified atom stereocenters. The maximum absolute atomic E-state index is 11.4. The molecule has 0 saturated heterocycles. The SMILES string of the molecule is Cc1cc(C)cc(CCNC(=O)NCCC(C)O)c1. The molecule has 0 bridgehead atoms. The lowest BCUT2D eigenvalue weighted by molar-refractivity contribution is 0.183. The van der Waals surface area contributed by atoms with Gasteiger partial charge in [0.1, 0.15) is 0 Å². The second-order valence-corrected chi connectivity index (χ2v) is 5.07. The monoisotopic (exact) mass is 264 g/mol. The Morgan fingerprint density at radius 3 is 2.32 bits per heavy atom. The van der Waals surface area contributed by atoms with Crippen molar-refractivity contribution >= 4 is 6.03 Å². The average molecular weight is 264 g/mol. The molecule has 19 heavy (non-hydrogen) atoms. The third kappa shape index (κ3) is 6.82. The minimum absolute atomic E-state index is 0.176. The first-order valence-corrected chi connectivity index (χ1v) is 6.74. The van der Waals surface area contributed by atoms with Gasteiger partial charge in [-0.15, -0.1) is 0 Å². The highest BCUT2D eigenvalue weighted by Crippen LogP contribution is 2.08. The number of hydrogen-bond donors (Lipinski definition) is 3. The van der Waals surface area contributed by atoms with Crippen molar-refractivity contribution in [1.29, 1.82) is 0 Å². The summed E-state index contributed by atoms with van der Waals surface area (Å²) < 4.78 is 0. The van der Waals surface area contributed by atoms with Crippen LogP contribution in [-0.2, 0) is 6.42 Å². The molecule has 0 aliphatic rings. The maximum Gasteiger partial charge on any atom is 0.314 e. The van der Waals surface area contributed by atoms with Gasteiger partial charge in [-0.05, 0) is 39.2 Å². The van der Waals surface area contributed by atoms with Crippen LogP contribution in [0, 0.1) is 13.8 Å². The van der Waals surface area contributed by atoms with E-state index in [2.05, 4.69) is 42.7 Å². The number of aliphatic hydroxyl groups is 1. The number of carbonyl (C=O) groups is 1. The predicted molar refractivity (Wildman–Crippen MR) is 77.3 cm³/mol. The molecule has 0 radical (unpaired) electrons. The van der Waals surface area contributed by atoms with Crippen molar-refractivity contribution in [3.05, 3.63) is 34.9 Å². The molecular formula is C15H24N2O2. The van der Waals surface area contributed by atoms with Gasteiger partial charge in [0.15, 0.2) is 0 Å². The fourth-order valence-corrected chi connectivity index (χ4v) is 1.99. The lowest BCUT2D eigenvalue weighted by Crippen LogP contribution is -2.37. The minimum Gasteiger partial charge on any atom is -0.393 e. The summed E-state index contributed by atoms with van der Waals surface area (Å²) in [5, 5.41) is 14.6. The molecule has 1 rings (SSSR count). The topological polar surface area (TPSA) is 61.4 Å². The van der Waals surface area contributed by atoms with E-state index in [1.807, 2.05) is 0 Å². The zero-order chi connectivity index (χ0) is 14.3. The summed E-state index contributed by atoms with van der Waals surface area (Å²) in [7, 11) is 0. The van der Waals surface area contributed by atoms with Crippen molar-refractivity contribution in [2.24, 2.45) is 0 Å². The van der Waals surface area contributed by atoms with Gasteiger partial charge in [-0.2, -0.15) is 0 Å². The first kappa shape index (κ1) is 15.5. The van der Waals surface area contributed by atoms with Crippen LogP contribution in [-0.4, -0.2) is 30.3 Å². The second kappa shape index (κ2) is 7.79. The van der Waals surface area contributed by atoms with Crippen LogP contribution in [0.25, 0.3) is 0 Å². The summed E-state index contributed by atoms with van der Waals surface area (Å²) in [5.41, 5.74) is 3.73. The van der Waals surface area contributed by atoms with Crippen LogP contribution in [0.15, 0.2) is 18.2 Å². The number of hydrogen-bond acceptors (Lipinski definition) is 2. The Labute approximate surface area is 115 Å². The number of nitrogens with one attached hydrogen (secondary N) is 2. The van der Waals surface area contributed by atoms with Crippen LogP contribution in [0.1, 0.15) is 30.0 Å². The standard InChI is InChI=1S/C15H24N2O2/c1-11-8-12(2)10-14(9-11)5-7-17-15(19)16-6-4-13(3)18/h8-10,13,18H,4-7H2,1-3H3,(H2,16,17,19). The molecule has 0 saturated carbocycles. The van der Waals surface area contributed by atoms with Gasteiger partial charge in [0.25, 0.3) is 0 Å². The van der Waals surface area contributed by atoms with E-state index in [1.54, 1.807) is 6.92 Å². The first-order chi connectivity index (χ1) is 8.97. The molecule has 4 nitrogen and oxygen atoms in total. The quantitative estimate of drug-likeness (QED) is 0.735. The largest absolute Gasteiger partial charge is 0.393 e. The van der Waals surface area contributed by atoms with Crippen LogP contribution in [0.3, 0.4) is 0 Å². The van der Waals surface area contributed by atoms with Crippen molar-refractivity contribution in [2.45, 2.75) is 39.7 Å². The molecule has 3 N–H and O–H groups in total. The van der Waals surface area contributed by atoms with Gasteiger partial charge < -0.3 is 15.7 Å². The highest BCUT2D eigenvalue weighted by atomic mass is 16.3. The Hall–Kier alpha value is -1.55. The number of aliphatic hydroxyl groups excluding tert-OH is 1. The summed E-state index contributed by atoms with van der Waals surface area (Å²) in [5.74, 6) is 0. The number of urea groups is 1. The van der Waals surface area contributed by atoms with E-state index >= 15 is 0 Å². The molecule has 106 valence electrons. The minimum atomic E-state index is -0.379. The summed E-state index contributed by atoms with van der Waals surface area (Å²) >= 11 is 0. The van der Waals surface area contributed by atoms with E-state index in [-0.39, 0.29) is 12.1 Å². The summed E-state index contributed by atoms with van der Waals surface area (Å²) in [6.45, 7) is 6.97. The Bertz CT molecular complexity index is 396. The second-order valence-electron chi connectivity index (χ2n) is 5.07. The number of aryl methyl sites for hydroxylation is 2. The van der Waals surface area contributed by atoms with Gasteiger partial charge in [-0.25, -0.2) is 4.79 Å². The van der Waals surface area contributed by atoms with E-state index in [9.17, 15) is 4.79 Å². The van der Waals surface area contributed by atoms with E-state index in [4.69, 9.17) is 5.11 Å². The number of carbonyl (C=O) groups excluding carboxylic acids is 1. The van der Waals surface area contributed by atoms with Crippen molar-refractivity contribution in [2.75, 3.05) is 13.1 Å². The molecule has 0 heterocycles. The summed E-state index contributed by atoms with van der Waals surface area (Å²) in [6, 6.07) is 6.24. The fraction of sp³-hybridized carbons (Fsp3) is 0.533. The van der Waals surface area contributed by atoms with Crippen molar-refractivity contribution in [3.63, 3.8) is 0 Å². The average Bonchev–Trinajstić information content (AvgIpc) is 2.27. The van der Waals surface area contributed by atoms with E-state index in [0.29, 0.717) is 19.5 Å². The van der Waals surface area contributed by atoms with Crippen molar-refractivity contribution in [1.82, 2.24) is 10.6 Å². The molecule has 1 atom stereocenters. The summed E-state index contributed by atoms with van der Waals surface area (Å²) in [4.78, 5) is 11.4. The highest BCUT2D eigenvalue weighted by Gasteiger charge is 2.01. The van der Waals surface area contributed by atoms with Gasteiger partial charge in [-0.1, -0.05) is 29.3 Å². The zero-order valence-electron chi connectivity index (χ0n) is 12.0. The molecule has 0 aromatic heterocycles. The Balaban J connectivity index is 2.24. The highest BCUT2D eigenvalue weighted by molar-refractivity contribution is 5.73. The molecule has 0 spiro atoms. The maximum atomic E-state index is 11.4. The first-order valence-electron chi connectivity index (χ1n) is 6.74. The van der Waals surface area contributed by atoms with Crippen molar-refractivity contribution < 1.29 is 9.90 Å². The molecular weight excluding hydrogens is 240 g/mol. The van der Waals surface area contributed by atoms with E-state index in [1.165, 1.54) is 16.7 Å². The Kier molecular flexibility index (Phi) is 6.36. The molecule has 0 aliphatic heterocycles. The van der Waals surface area contributed by atoms with Crippen molar-refractivity contribution in [3.8, 4) is 0 Å². The van der Waals surface area contributed by atoms with Gasteiger partial charge >= 0.3 is 6.03 Å². The molecule has 1 aromatic rings. The zero-order valence-corrected chi connectivity index (χ0v) is 12.0.